The highest BCUT2D eigenvalue weighted by Gasteiger charge is 2.16. The molecular formula is C12H17N3O3. The Bertz CT molecular complexity index is 446. The summed E-state index contributed by atoms with van der Waals surface area (Å²) in [4.78, 5) is 21.9. The lowest BCUT2D eigenvalue weighted by molar-refractivity contribution is -0.126. The second kappa shape index (κ2) is 6.02. The number of hydrogen-bond acceptors (Lipinski definition) is 4. The van der Waals surface area contributed by atoms with Crippen LogP contribution in [0.2, 0.25) is 0 Å². The fourth-order valence-corrected chi connectivity index (χ4v) is 1.35. The van der Waals surface area contributed by atoms with Crippen LogP contribution >= 0.6 is 0 Å². The van der Waals surface area contributed by atoms with Gasteiger partial charge in [0.05, 0.1) is 0 Å². The first-order valence-corrected chi connectivity index (χ1v) is 5.52. The van der Waals surface area contributed by atoms with Crippen molar-refractivity contribution < 1.29 is 14.3 Å². The van der Waals surface area contributed by atoms with E-state index in [1.165, 1.54) is 6.92 Å². The van der Waals surface area contributed by atoms with E-state index in [0.717, 1.165) is 5.56 Å². The molecule has 0 fully saturated rings. The number of amides is 3. The van der Waals surface area contributed by atoms with Crippen molar-refractivity contribution in [3.05, 3.63) is 29.8 Å². The van der Waals surface area contributed by atoms with Crippen LogP contribution in [0.15, 0.2) is 24.3 Å². The Morgan fingerprint density at radius 1 is 1.33 bits per heavy atom. The molecule has 3 amide bonds. The van der Waals surface area contributed by atoms with Crippen LogP contribution in [0.5, 0.6) is 5.75 Å². The lowest BCUT2D eigenvalue weighted by Gasteiger charge is -2.14. The number of imide groups is 1. The summed E-state index contributed by atoms with van der Waals surface area (Å²) >= 11 is 0. The molecule has 0 aliphatic heterocycles. The largest absolute Gasteiger partial charge is 0.481 e. The van der Waals surface area contributed by atoms with E-state index >= 15 is 0 Å². The number of carbonyl (C=O) groups is 2. The number of hydrogen-bond donors (Lipinski definition) is 3. The van der Waals surface area contributed by atoms with Crippen molar-refractivity contribution >= 4 is 11.9 Å². The smallest absolute Gasteiger partial charge is 0.318 e. The zero-order chi connectivity index (χ0) is 13.7. The third-order valence-corrected chi connectivity index (χ3v) is 2.31. The molecular weight excluding hydrogens is 234 g/mol. The van der Waals surface area contributed by atoms with Crippen molar-refractivity contribution in [2.24, 2.45) is 11.5 Å². The number of rotatable bonds is 4. The predicted octanol–water partition coefficient (Wildman–Crippen LogP) is 0.669. The molecule has 0 spiro atoms. The van der Waals surface area contributed by atoms with Gasteiger partial charge >= 0.3 is 6.03 Å². The van der Waals surface area contributed by atoms with Crippen molar-refractivity contribution in [2.75, 3.05) is 0 Å². The molecule has 0 saturated carbocycles. The van der Waals surface area contributed by atoms with Crippen LogP contribution in [0.3, 0.4) is 0 Å². The minimum absolute atomic E-state index is 0.122. The Morgan fingerprint density at radius 2 is 2.00 bits per heavy atom. The van der Waals surface area contributed by atoms with Crippen molar-refractivity contribution in [2.45, 2.75) is 26.0 Å². The van der Waals surface area contributed by atoms with Crippen LogP contribution in [-0.2, 0) is 4.79 Å². The van der Waals surface area contributed by atoms with Crippen molar-refractivity contribution in [1.82, 2.24) is 5.32 Å². The van der Waals surface area contributed by atoms with Gasteiger partial charge in [0.25, 0.3) is 5.91 Å². The molecule has 1 unspecified atom stereocenters. The minimum atomic E-state index is -0.903. The van der Waals surface area contributed by atoms with Gasteiger partial charge < -0.3 is 16.2 Å². The summed E-state index contributed by atoms with van der Waals surface area (Å²) in [6.07, 6.45) is -0.819. The first kappa shape index (κ1) is 14.0. The second-order valence-electron chi connectivity index (χ2n) is 3.97. The summed E-state index contributed by atoms with van der Waals surface area (Å²) in [5.74, 6) is -0.0781. The fraction of sp³-hybridized carbons (Fsp3) is 0.333. The standard InChI is InChI=1S/C12H17N3O3/c1-7(13)9-4-3-5-10(6-9)18-8(2)11(16)15-12(14)17/h3-8H,13H2,1-2H3,(H3,14,15,16,17)/t7-,8?/m0/s1. The topological polar surface area (TPSA) is 107 Å². The summed E-state index contributed by atoms with van der Waals surface area (Å²) in [7, 11) is 0. The number of urea groups is 1. The van der Waals surface area contributed by atoms with Crippen LogP contribution in [0.25, 0.3) is 0 Å². The normalized spacial score (nSPS) is 13.5. The zero-order valence-corrected chi connectivity index (χ0v) is 10.3. The van der Waals surface area contributed by atoms with Crippen LogP contribution in [0.4, 0.5) is 4.79 Å². The highest BCUT2D eigenvalue weighted by atomic mass is 16.5. The molecule has 0 saturated heterocycles. The monoisotopic (exact) mass is 251 g/mol. The maximum absolute atomic E-state index is 11.4. The van der Waals surface area contributed by atoms with Crippen LogP contribution in [0, 0.1) is 0 Å². The van der Waals surface area contributed by atoms with Crippen molar-refractivity contribution in [1.29, 1.82) is 0 Å². The van der Waals surface area contributed by atoms with Crippen molar-refractivity contribution in [3.8, 4) is 5.75 Å². The van der Waals surface area contributed by atoms with Gasteiger partial charge in [-0.05, 0) is 31.5 Å². The quantitative estimate of drug-likeness (QED) is 0.730. The molecule has 1 aromatic carbocycles. The van der Waals surface area contributed by atoms with E-state index in [9.17, 15) is 9.59 Å². The van der Waals surface area contributed by atoms with E-state index < -0.39 is 18.0 Å². The van der Waals surface area contributed by atoms with Gasteiger partial charge in [0, 0.05) is 6.04 Å². The third-order valence-electron chi connectivity index (χ3n) is 2.31. The molecule has 1 rings (SSSR count). The summed E-state index contributed by atoms with van der Waals surface area (Å²) < 4.78 is 5.39. The first-order chi connectivity index (χ1) is 8.40. The highest BCUT2D eigenvalue weighted by molar-refractivity contribution is 5.95. The number of nitrogens with two attached hydrogens (primary N) is 2. The molecule has 0 aromatic heterocycles. The van der Waals surface area contributed by atoms with E-state index in [-0.39, 0.29) is 6.04 Å². The summed E-state index contributed by atoms with van der Waals surface area (Å²) in [5, 5.41) is 1.95. The average molecular weight is 251 g/mol. The molecule has 0 heterocycles. The Labute approximate surface area is 105 Å². The van der Waals surface area contributed by atoms with E-state index in [4.69, 9.17) is 16.2 Å². The molecule has 98 valence electrons. The highest BCUT2D eigenvalue weighted by Crippen LogP contribution is 2.18. The molecule has 5 N–H and O–H groups in total. The van der Waals surface area contributed by atoms with Crippen molar-refractivity contribution in [3.63, 3.8) is 0 Å². The van der Waals surface area contributed by atoms with E-state index in [0.29, 0.717) is 5.75 Å². The first-order valence-electron chi connectivity index (χ1n) is 5.52. The van der Waals surface area contributed by atoms with Gasteiger partial charge in [0.1, 0.15) is 5.75 Å². The summed E-state index contributed by atoms with van der Waals surface area (Å²) in [6, 6.07) is 6.08. The third kappa shape index (κ3) is 4.06. The molecule has 6 heteroatoms. The molecule has 0 aliphatic carbocycles. The Morgan fingerprint density at radius 3 is 2.56 bits per heavy atom. The van der Waals surface area contributed by atoms with E-state index in [1.807, 2.05) is 18.3 Å². The Balaban J connectivity index is 2.69. The zero-order valence-electron chi connectivity index (χ0n) is 10.3. The lowest BCUT2D eigenvalue weighted by Crippen LogP contribution is -2.42. The number of benzene rings is 1. The number of nitrogens with one attached hydrogen (secondary N) is 1. The van der Waals surface area contributed by atoms with Gasteiger partial charge in [-0.3, -0.25) is 10.1 Å². The molecule has 2 atom stereocenters. The number of ether oxygens (including phenoxy) is 1. The predicted molar refractivity (Wildman–Crippen MR) is 66.9 cm³/mol. The SMILES string of the molecule is CC(Oc1cccc([C@H](C)N)c1)C(=O)NC(N)=O. The Hall–Kier alpha value is -2.08. The van der Waals surface area contributed by atoms with Gasteiger partial charge in [-0.15, -0.1) is 0 Å². The van der Waals surface area contributed by atoms with Crippen LogP contribution in [-0.4, -0.2) is 18.0 Å². The maximum Gasteiger partial charge on any atom is 0.318 e. The lowest BCUT2D eigenvalue weighted by atomic mass is 10.1. The molecule has 6 nitrogen and oxygen atoms in total. The molecule has 0 radical (unpaired) electrons. The van der Waals surface area contributed by atoms with Crippen LogP contribution < -0.4 is 21.5 Å². The molecule has 18 heavy (non-hydrogen) atoms. The van der Waals surface area contributed by atoms with Gasteiger partial charge in [-0.2, -0.15) is 0 Å². The minimum Gasteiger partial charge on any atom is -0.481 e. The van der Waals surface area contributed by atoms with Crippen LogP contribution in [0.1, 0.15) is 25.5 Å². The maximum atomic E-state index is 11.4. The average Bonchev–Trinajstić information content (AvgIpc) is 2.28. The molecule has 0 aliphatic rings. The summed E-state index contributed by atoms with van der Waals surface area (Å²) in [5.41, 5.74) is 11.5. The summed E-state index contributed by atoms with van der Waals surface area (Å²) in [6.45, 7) is 3.37. The molecule has 0 bridgehead atoms. The number of primary amides is 1. The van der Waals surface area contributed by atoms with E-state index in [1.54, 1.807) is 18.2 Å². The fourth-order valence-electron chi connectivity index (χ4n) is 1.35. The van der Waals surface area contributed by atoms with E-state index in [2.05, 4.69) is 0 Å². The molecule has 1 aromatic rings. The Kier molecular flexibility index (Phi) is 4.67. The van der Waals surface area contributed by atoms with Gasteiger partial charge in [0.15, 0.2) is 6.10 Å². The number of carbonyl (C=O) groups excluding carboxylic acids is 2. The van der Waals surface area contributed by atoms with Gasteiger partial charge in [0.2, 0.25) is 0 Å². The van der Waals surface area contributed by atoms with Gasteiger partial charge in [-0.1, -0.05) is 12.1 Å². The second-order valence-corrected chi connectivity index (χ2v) is 3.97. The van der Waals surface area contributed by atoms with Gasteiger partial charge in [-0.25, -0.2) is 4.79 Å².